The van der Waals surface area contributed by atoms with Crippen molar-refractivity contribution in [1.29, 1.82) is 0 Å². The second-order valence-electron chi connectivity index (χ2n) is 5.83. The molecule has 4 heteroatoms. The van der Waals surface area contributed by atoms with E-state index in [9.17, 15) is 9.90 Å². The highest BCUT2D eigenvalue weighted by molar-refractivity contribution is 5.76. The highest BCUT2D eigenvalue weighted by atomic mass is 16.5. The molecule has 1 unspecified atom stereocenters. The summed E-state index contributed by atoms with van der Waals surface area (Å²) in [6.45, 7) is 6.14. The zero-order chi connectivity index (χ0) is 15.2. The first kappa shape index (κ1) is 15.8. The molecular weight excluding hydrogens is 266 g/mol. The van der Waals surface area contributed by atoms with Gasteiger partial charge in [-0.3, -0.25) is 4.79 Å². The van der Waals surface area contributed by atoms with E-state index in [2.05, 4.69) is 13.0 Å². The summed E-state index contributed by atoms with van der Waals surface area (Å²) in [7, 11) is 0. The number of benzene rings is 1. The van der Waals surface area contributed by atoms with Crippen LogP contribution in [-0.4, -0.2) is 42.2 Å². The smallest absolute Gasteiger partial charge is 0.226 e. The molecule has 0 saturated carbocycles. The molecule has 4 nitrogen and oxygen atoms in total. The van der Waals surface area contributed by atoms with Crippen LogP contribution in [0.4, 0.5) is 0 Å². The summed E-state index contributed by atoms with van der Waals surface area (Å²) < 4.78 is 5.74. The standard InChI is InChI=1S/C17H25NO3/c1-13-5-3-7-16(14(13)2)21-10-8-17(20)18-9-4-6-15(11-18)12-19/h3,5,7,15,19H,4,6,8-12H2,1-2H3. The number of aliphatic hydroxyl groups is 1. The van der Waals surface area contributed by atoms with Crippen molar-refractivity contribution in [3.8, 4) is 5.75 Å². The van der Waals surface area contributed by atoms with Gasteiger partial charge in [0.2, 0.25) is 5.91 Å². The van der Waals surface area contributed by atoms with Crippen molar-refractivity contribution in [3.63, 3.8) is 0 Å². The molecule has 1 aliphatic rings. The van der Waals surface area contributed by atoms with Gasteiger partial charge in [0.1, 0.15) is 5.75 Å². The van der Waals surface area contributed by atoms with Crippen LogP contribution in [0.2, 0.25) is 0 Å². The maximum absolute atomic E-state index is 12.2. The molecule has 1 amide bonds. The van der Waals surface area contributed by atoms with Gasteiger partial charge in [0.05, 0.1) is 13.0 Å². The van der Waals surface area contributed by atoms with Gasteiger partial charge in [-0.15, -0.1) is 0 Å². The second-order valence-corrected chi connectivity index (χ2v) is 5.83. The number of aliphatic hydroxyl groups excluding tert-OH is 1. The van der Waals surface area contributed by atoms with Crippen LogP contribution >= 0.6 is 0 Å². The van der Waals surface area contributed by atoms with Crippen LogP contribution in [0.3, 0.4) is 0 Å². The summed E-state index contributed by atoms with van der Waals surface area (Å²) in [5.41, 5.74) is 2.32. The summed E-state index contributed by atoms with van der Waals surface area (Å²) in [5, 5.41) is 9.21. The summed E-state index contributed by atoms with van der Waals surface area (Å²) >= 11 is 0. The molecule has 0 bridgehead atoms. The van der Waals surface area contributed by atoms with Gasteiger partial charge in [-0.1, -0.05) is 12.1 Å². The lowest BCUT2D eigenvalue weighted by Crippen LogP contribution is -2.41. The molecule has 0 aliphatic carbocycles. The van der Waals surface area contributed by atoms with E-state index in [1.54, 1.807) is 0 Å². The number of likely N-dealkylation sites (tertiary alicyclic amines) is 1. The lowest BCUT2D eigenvalue weighted by molar-refractivity contribution is -0.133. The minimum Gasteiger partial charge on any atom is -0.493 e. The lowest BCUT2D eigenvalue weighted by atomic mass is 9.99. The number of hydrogen-bond donors (Lipinski definition) is 1. The van der Waals surface area contributed by atoms with Crippen molar-refractivity contribution < 1.29 is 14.6 Å². The van der Waals surface area contributed by atoms with Crippen LogP contribution in [0.25, 0.3) is 0 Å². The zero-order valence-electron chi connectivity index (χ0n) is 13.0. The normalized spacial score (nSPS) is 18.6. The number of amides is 1. The molecule has 2 rings (SSSR count). The minimum absolute atomic E-state index is 0.124. The first-order chi connectivity index (χ1) is 10.1. The number of nitrogens with zero attached hydrogens (tertiary/aromatic N) is 1. The van der Waals surface area contributed by atoms with Crippen LogP contribution in [0.5, 0.6) is 5.75 Å². The molecule has 116 valence electrons. The highest BCUT2D eigenvalue weighted by Crippen LogP contribution is 2.21. The molecule has 1 aliphatic heterocycles. The Morgan fingerprint density at radius 1 is 1.43 bits per heavy atom. The van der Waals surface area contributed by atoms with Crippen LogP contribution < -0.4 is 4.74 Å². The Bertz CT molecular complexity index is 487. The third-order valence-electron chi connectivity index (χ3n) is 4.26. The molecule has 0 radical (unpaired) electrons. The Hall–Kier alpha value is -1.55. The van der Waals surface area contributed by atoms with Gasteiger partial charge in [0, 0.05) is 19.7 Å². The SMILES string of the molecule is Cc1cccc(OCCC(=O)N2CCCC(CO)C2)c1C. The van der Waals surface area contributed by atoms with Gasteiger partial charge in [0.15, 0.2) is 0 Å². The number of piperidine rings is 1. The van der Waals surface area contributed by atoms with Crippen LogP contribution in [-0.2, 0) is 4.79 Å². The first-order valence-electron chi connectivity index (χ1n) is 7.69. The minimum atomic E-state index is 0.124. The number of rotatable bonds is 5. The van der Waals surface area contributed by atoms with Gasteiger partial charge >= 0.3 is 0 Å². The van der Waals surface area contributed by atoms with Crippen molar-refractivity contribution in [2.24, 2.45) is 5.92 Å². The summed E-state index contributed by atoms with van der Waals surface area (Å²) in [4.78, 5) is 14.0. The number of hydrogen-bond acceptors (Lipinski definition) is 3. The van der Waals surface area contributed by atoms with Gasteiger partial charge in [-0.05, 0) is 49.8 Å². The Morgan fingerprint density at radius 3 is 3.00 bits per heavy atom. The second kappa shape index (κ2) is 7.46. The number of aryl methyl sites for hydroxylation is 1. The van der Waals surface area contributed by atoms with Crippen molar-refractivity contribution in [3.05, 3.63) is 29.3 Å². The molecule has 1 N–H and O–H groups in total. The third-order valence-corrected chi connectivity index (χ3v) is 4.26. The first-order valence-corrected chi connectivity index (χ1v) is 7.69. The average Bonchev–Trinajstić information content (AvgIpc) is 2.51. The van der Waals surface area contributed by atoms with E-state index in [-0.39, 0.29) is 18.4 Å². The maximum atomic E-state index is 12.2. The monoisotopic (exact) mass is 291 g/mol. The molecule has 1 saturated heterocycles. The van der Waals surface area contributed by atoms with E-state index in [0.717, 1.165) is 30.7 Å². The molecule has 21 heavy (non-hydrogen) atoms. The fourth-order valence-corrected chi connectivity index (χ4v) is 2.73. The van der Waals surface area contributed by atoms with Gasteiger partial charge in [-0.25, -0.2) is 0 Å². The number of ether oxygens (including phenoxy) is 1. The Balaban J connectivity index is 1.80. The van der Waals surface area contributed by atoms with Crippen LogP contribution in [0.1, 0.15) is 30.4 Å². The van der Waals surface area contributed by atoms with E-state index in [0.29, 0.717) is 19.6 Å². The number of carbonyl (C=O) groups is 1. The highest BCUT2D eigenvalue weighted by Gasteiger charge is 2.22. The van der Waals surface area contributed by atoms with Crippen molar-refractivity contribution in [2.45, 2.75) is 33.1 Å². The maximum Gasteiger partial charge on any atom is 0.226 e. The van der Waals surface area contributed by atoms with E-state index in [1.165, 1.54) is 5.56 Å². The topological polar surface area (TPSA) is 49.8 Å². The summed E-state index contributed by atoms with van der Waals surface area (Å²) in [6, 6.07) is 5.96. The van der Waals surface area contributed by atoms with Gasteiger partial charge in [0.25, 0.3) is 0 Å². The predicted molar refractivity (Wildman–Crippen MR) is 82.4 cm³/mol. The zero-order valence-corrected chi connectivity index (χ0v) is 13.0. The fraction of sp³-hybridized carbons (Fsp3) is 0.588. The fourth-order valence-electron chi connectivity index (χ4n) is 2.73. The van der Waals surface area contributed by atoms with Crippen molar-refractivity contribution >= 4 is 5.91 Å². The molecular formula is C17H25NO3. The molecule has 0 aromatic heterocycles. The molecule has 1 aromatic carbocycles. The van der Waals surface area contributed by atoms with E-state index < -0.39 is 0 Å². The molecule has 0 spiro atoms. The summed E-state index contributed by atoms with van der Waals surface area (Å²) in [5.74, 6) is 1.22. The Labute approximate surface area is 126 Å². The molecule has 1 aromatic rings. The molecule has 1 heterocycles. The Kier molecular flexibility index (Phi) is 5.62. The summed E-state index contributed by atoms with van der Waals surface area (Å²) in [6.07, 6.45) is 2.39. The van der Waals surface area contributed by atoms with Crippen molar-refractivity contribution in [1.82, 2.24) is 4.90 Å². The predicted octanol–water partition coefficient (Wildman–Crippen LogP) is 2.30. The average molecular weight is 291 g/mol. The molecule has 1 fully saturated rings. The van der Waals surface area contributed by atoms with E-state index in [1.807, 2.05) is 24.0 Å². The van der Waals surface area contributed by atoms with Crippen LogP contribution in [0, 0.1) is 19.8 Å². The largest absolute Gasteiger partial charge is 0.493 e. The molecule has 1 atom stereocenters. The lowest BCUT2D eigenvalue weighted by Gasteiger charge is -2.31. The van der Waals surface area contributed by atoms with E-state index in [4.69, 9.17) is 4.74 Å². The van der Waals surface area contributed by atoms with Crippen molar-refractivity contribution in [2.75, 3.05) is 26.3 Å². The van der Waals surface area contributed by atoms with Crippen LogP contribution in [0.15, 0.2) is 18.2 Å². The third kappa shape index (κ3) is 4.21. The van der Waals surface area contributed by atoms with Gasteiger partial charge < -0.3 is 14.7 Å². The Morgan fingerprint density at radius 2 is 2.24 bits per heavy atom. The quantitative estimate of drug-likeness (QED) is 0.905. The number of carbonyl (C=O) groups excluding carboxylic acids is 1. The van der Waals surface area contributed by atoms with Gasteiger partial charge in [-0.2, -0.15) is 0 Å². The van der Waals surface area contributed by atoms with E-state index >= 15 is 0 Å².